The van der Waals surface area contributed by atoms with Crippen LogP contribution >= 0.6 is 11.6 Å². The first-order valence-corrected chi connectivity index (χ1v) is 5.62. The van der Waals surface area contributed by atoms with Crippen molar-refractivity contribution in [1.82, 2.24) is 0 Å². The summed E-state index contributed by atoms with van der Waals surface area (Å²) >= 11 is 5.85. The summed E-state index contributed by atoms with van der Waals surface area (Å²) in [5.41, 5.74) is 2.39. The molecular weight excluding hydrogens is 208 g/mol. The lowest BCUT2D eigenvalue weighted by molar-refractivity contribution is 1.21. The number of rotatable bonds is 3. The lowest BCUT2D eigenvalue weighted by Crippen LogP contribution is -2.03. The molecule has 0 amide bonds. The van der Waals surface area contributed by atoms with Crippen LogP contribution in [0.5, 0.6) is 0 Å². The number of benzene rings is 1. The standard InChI is InChI=1S/C10H13ClN2.C2H6/c1-3-13-10-6-8(11)4-5-9(10)7(2)12;1-2/h4-6,12-13H,3H2,1-2H3;1-2H3. The Labute approximate surface area is 97.2 Å². The molecule has 0 aromatic heterocycles. The van der Waals surface area contributed by atoms with E-state index < -0.39 is 0 Å². The first-order valence-electron chi connectivity index (χ1n) is 5.24. The quantitative estimate of drug-likeness (QED) is 0.745. The van der Waals surface area contributed by atoms with Gasteiger partial charge < -0.3 is 10.7 Å². The number of halogens is 1. The molecule has 0 saturated heterocycles. The van der Waals surface area contributed by atoms with Crippen LogP contribution in [-0.2, 0) is 0 Å². The average molecular weight is 227 g/mol. The van der Waals surface area contributed by atoms with Gasteiger partial charge in [0.05, 0.1) is 0 Å². The zero-order chi connectivity index (χ0) is 11.8. The van der Waals surface area contributed by atoms with Gasteiger partial charge in [-0.15, -0.1) is 0 Å². The first-order chi connectivity index (χ1) is 7.15. The minimum absolute atomic E-state index is 0.549. The van der Waals surface area contributed by atoms with Crippen molar-refractivity contribution in [2.45, 2.75) is 27.7 Å². The topological polar surface area (TPSA) is 35.9 Å². The Morgan fingerprint density at radius 1 is 1.40 bits per heavy atom. The predicted octanol–water partition coefficient (Wildman–Crippen LogP) is 4.19. The fraction of sp³-hybridized carbons (Fsp3) is 0.417. The number of anilines is 1. The lowest BCUT2D eigenvalue weighted by Gasteiger charge is -2.09. The van der Waals surface area contributed by atoms with Crippen molar-refractivity contribution in [3.05, 3.63) is 28.8 Å². The van der Waals surface area contributed by atoms with Crippen molar-refractivity contribution < 1.29 is 0 Å². The van der Waals surface area contributed by atoms with Gasteiger partial charge in [-0.1, -0.05) is 25.4 Å². The SMILES string of the molecule is CC.CCNc1cc(Cl)ccc1C(C)=N. The van der Waals surface area contributed by atoms with Gasteiger partial charge in [-0.05, 0) is 32.0 Å². The second kappa shape index (κ2) is 7.30. The van der Waals surface area contributed by atoms with Gasteiger partial charge >= 0.3 is 0 Å². The summed E-state index contributed by atoms with van der Waals surface area (Å²) in [7, 11) is 0. The summed E-state index contributed by atoms with van der Waals surface area (Å²) in [6.45, 7) is 8.62. The molecule has 0 unspecified atom stereocenters. The lowest BCUT2D eigenvalue weighted by atomic mass is 10.1. The highest BCUT2D eigenvalue weighted by Crippen LogP contribution is 2.21. The van der Waals surface area contributed by atoms with E-state index in [-0.39, 0.29) is 0 Å². The minimum Gasteiger partial charge on any atom is -0.385 e. The van der Waals surface area contributed by atoms with Gasteiger partial charge in [0.15, 0.2) is 0 Å². The second-order valence-corrected chi connectivity index (χ2v) is 3.28. The zero-order valence-corrected chi connectivity index (χ0v) is 10.6. The largest absolute Gasteiger partial charge is 0.385 e. The van der Waals surface area contributed by atoms with Crippen LogP contribution in [0.1, 0.15) is 33.3 Å². The Hall–Kier alpha value is -1.02. The maximum absolute atomic E-state index is 7.54. The van der Waals surface area contributed by atoms with E-state index in [1.807, 2.05) is 32.9 Å². The fourth-order valence-electron chi connectivity index (χ4n) is 1.18. The van der Waals surface area contributed by atoms with Crippen molar-refractivity contribution in [2.24, 2.45) is 0 Å². The van der Waals surface area contributed by atoms with Crippen molar-refractivity contribution >= 4 is 23.0 Å². The second-order valence-electron chi connectivity index (χ2n) is 2.85. The highest BCUT2D eigenvalue weighted by atomic mass is 35.5. The van der Waals surface area contributed by atoms with E-state index in [1.165, 1.54) is 0 Å². The highest BCUT2D eigenvalue weighted by Gasteiger charge is 2.03. The average Bonchev–Trinajstić information content (AvgIpc) is 2.21. The number of hydrogen-bond donors (Lipinski definition) is 2. The summed E-state index contributed by atoms with van der Waals surface area (Å²) in [5.74, 6) is 0. The van der Waals surface area contributed by atoms with Crippen LogP contribution in [0.2, 0.25) is 5.02 Å². The Morgan fingerprint density at radius 3 is 2.47 bits per heavy atom. The molecule has 0 fully saturated rings. The monoisotopic (exact) mass is 226 g/mol. The van der Waals surface area contributed by atoms with Crippen LogP contribution in [0, 0.1) is 5.41 Å². The highest BCUT2D eigenvalue weighted by molar-refractivity contribution is 6.31. The fourth-order valence-corrected chi connectivity index (χ4v) is 1.35. The van der Waals surface area contributed by atoms with E-state index in [0.717, 1.165) is 17.8 Å². The maximum Gasteiger partial charge on any atom is 0.0446 e. The first kappa shape index (κ1) is 14.0. The van der Waals surface area contributed by atoms with E-state index in [0.29, 0.717) is 10.7 Å². The molecule has 3 heteroatoms. The van der Waals surface area contributed by atoms with E-state index >= 15 is 0 Å². The van der Waals surface area contributed by atoms with Crippen LogP contribution in [0.3, 0.4) is 0 Å². The summed E-state index contributed by atoms with van der Waals surface area (Å²) in [6.07, 6.45) is 0. The summed E-state index contributed by atoms with van der Waals surface area (Å²) in [4.78, 5) is 0. The molecule has 0 radical (unpaired) electrons. The normalized spacial score (nSPS) is 8.87. The number of nitrogens with one attached hydrogen (secondary N) is 2. The van der Waals surface area contributed by atoms with Crippen LogP contribution in [0.4, 0.5) is 5.69 Å². The Bertz CT molecular complexity index is 321. The predicted molar refractivity (Wildman–Crippen MR) is 69.5 cm³/mol. The summed E-state index contributed by atoms with van der Waals surface area (Å²) < 4.78 is 0. The Kier molecular flexibility index (Phi) is 6.80. The molecule has 2 N–H and O–H groups in total. The van der Waals surface area contributed by atoms with E-state index in [9.17, 15) is 0 Å². The molecule has 0 aliphatic carbocycles. The Balaban J connectivity index is 0.000000921. The zero-order valence-electron chi connectivity index (χ0n) is 9.82. The molecule has 2 nitrogen and oxygen atoms in total. The molecule has 0 atom stereocenters. The van der Waals surface area contributed by atoms with Crippen molar-refractivity contribution in [1.29, 1.82) is 5.41 Å². The van der Waals surface area contributed by atoms with Crippen molar-refractivity contribution in [2.75, 3.05) is 11.9 Å². The Morgan fingerprint density at radius 2 is 2.00 bits per heavy atom. The molecule has 15 heavy (non-hydrogen) atoms. The van der Waals surface area contributed by atoms with Gasteiger partial charge in [0, 0.05) is 28.5 Å². The van der Waals surface area contributed by atoms with Gasteiger partial charge in [-0.2, -0.15) is 0 Å². The third kappa shape index (κ3) is 4.34. The molecule has 0 aliphatic heterocycles. The van der Waals surface area contributed by atoms with Crippen molar-refractivity contribution in [3.8, 4) is 0 Å². The molecule has 1 rings (SSSR count). The minimum atomic E-state index is 0.549. The van der Waals surface area contributed by atoms with Crippen molar-refractivity contribution in [3.63, 3.8) is 0 Å². The van der Waals surface area contributed by atoms with Gasteiger partial charge in [-0.25, -0.2) is 0 Å². The van der Waals surface area contributed by atoms with E-state index in [1.54, 1.807) is 13.0 Å². The molecule has 1 aromatic rings. The molecule has 0 saturated carbocycles. The maximum atomic E-state index is 7.54. The van der Waals surface area contributed by atoms with Crippen LogP contribution in [0.25, 0.3) is 0 Å². The summed E-state index contributed by atoms with van der Waals surface area (Å²) in [6, 6.07) is 5.51. The molecule has 1 aromatic carbocycles. The van der Waals surface area contributed by atoms with Gasteiger partial charge in [0.2, 0.25) is 0 Å². The number of hydrogen-bond acceptors (Lipinski definition) is 2. The van der Waals surface area contributed by atoms with Gasteiger partial charge in [0.25, 0.3) is 0 Å². The third-order valence-electron chi connectivity index (χ3n) is 1.75. The third-order valence-corrected chi connectivity index (χ3v) is 1.99. The molecule has 0 bridgehead atoms. The molecular formula is C12H19ClN2. The van der Waals surface area contributed by atoms with Gasteiger partial charge in [-0.3, -0.25) is 0 Å². The molecule has 0 heterocycles. The van der Waals surface area contributed by atoms with Crippen LogP contribution in [-0.4, -0.2) is 12.3 Å². The molecule has 0 spiro atoms. The smallest absolute Gasteiger partial charge is 0.0446 e. The molecule has 0 aliphatic rings. The summed E-state index contributed by atoms with van der Waals surface area (Å²) in [5, 5.41) is 11.4. The van der Waals surface area contributed by atoms with E-state index in [4.69, 9.17) is 17.0 Å². The van der Waals surface area contributed by atoms with Crippen LogP contribution < -0.4 is 5.32 Å². The van der Waals surface area contributed by atoms with Gasteiger partial charge in [0.1, 0.15) is 0 Å². The van der Waals surface area contributed by atoms with Crippen LogP contribution in [0.15, 0.2) is 18.2 Å². The molecule has 84 valence electrons. The van der Waals surface area contributed by atoms with E-state index in [2.05, 4.69) is 5.32 Å².